The first-order valence-electron chi connectivity index (χ1n) is 3.92. The van der Waals surface area contributed by atoms with E-state index in [1.54, 1.807) is 6.92 Å². The van der Waals surface area contributed by atoms with Gasteiger partial charge in [-0.3, -0.25) is 0 Å². The van der Waals surface area contributed by atoms with E-state index in [-0.39, 0.29) is 15.9 Å². The Morgan fingerprint density at radius 3 is 2.71 bits per heavy atom. The van der Waals surface area contributed by atoms with E-state index in [9.17, 15) is 12.8 Å². The predicted octanol–water partition coefficient (Wildman–Crippen LogP) is 1.89. The second-order valence-corrected chi connectivity index (χ2v) is 5.14. The molecule has 0 saturated heterocycles. The number of hydrogen-bond donors (Lipinski definition) is 1. The first-order valence-corrected chi connectivity index (χ1v) is 6.20. The fraction of sp³-hybridized carbons (Fsp3) is 0.250. The molecule has 0 heterocycles. The maximum Gasteiger partial charge on any atom is 0.243 e. The third kappa shape index (κ3) is 2.31. The third-order valence-electron chi connectivity index (χ3n) is 1.54. The zero-order valence-electron chi connectivity index (χ0n) is 7.42. The molecule has 0 saturated carbocycles. The molecule has 78 valence electrons. The van der Waals surface area contributed by atoms with Gasteiger partial charge in [-0.1, -0.05) is 13.0 Å². The zero-order chi connectivity index (χ0) is 10.8. The number of halogens is 2. The molecule has 0 spiro atoms. The number of sulfonamides is 1. The predicted molar refractivity (Wildman–Crippen MR) is 55.0 cm³/mol. The summed E-state index contributed by atoms with van der Waals surface area (Å²) in [6.07, 6.45) is 0. The highest BCUT2D eigenvalue weighted by atomic mass is 79.9. The largest absolute Gasteiger partial charge is 0.243 e. The molecule has 0 amide bonds. The second-order valence-electron chi connectivity index (χ2n) is 2.55. The van der Waals surface area contributed by atoms with E-state index < -0.39 is 15.8 Å². The van der Waals surface area contributed by atoms with Crippen LogP contribution >= 0.6 is 15.9 Å². The molecule has 0 fully saturated rings. The number of rotatable bonds is 3. The van der Waals surface area contributed by atoms with Gasteiger partial charge in [0.15, 0.2) is 5.82 Å². The Balaban J connectivity index is 3.27. The fourth-order valence-electron chi connectivity index (χ4n) is 0.959. The maximum atomic E-state index is 13.4. The van der Waals surface area contributed by atoms with E-state index in [4.69, 9.17) is 0 Å². The summed E-state index contributed by atoms with van der Waals surface area (Å²) in [5, 5.41) is 0. The molecule has 0 aromatic heterocycles. The maximum absolute atomic E-state index is 13.4. The lowest BCUT2D eigenvalue weighted by Gasteiger charge is -2.05. The van der Waals surface area contributed by atoms with Crippen LogP contribution in [0, 0.1) is 5.82 Å². The van der Waals surface area contributed by atoms with Crippen molar-refractivity contribution in [1.29, 1.82) is 0 Å². The normalized spacial score (nSPS) is 11.6. The quantitative estimate of drug-likeness (QED) is 0.920. The summed E-state index contributed by atoms with van der Waals surface area (Å²) in [4.78, 5) is -0.339. The Morgan fingerprint density at radius 1 is 1.50 bits per heavy atom. The average molecular weight is 282 g/mol. The van der Waals surface area contributed by atoms with E-state index in [1.807, 2.05) is 0 Å². The molecule has 1 rings (SSSR count). The van der Waals surface area contributed by atoms with Crippen molar-refractivity contribution in [2.24, 2.45) is 0 Å². The monoisotopic (exact) mass is 281 g/mol. The molecule has 0 aliphatic carbocycles. The summed E-state index contributed by atoms with van der Waals surface area (Å²) in [5.74, 6) is -0.770. The van der Waals surface area contributed by atoms with E-state index in [2.05, 4.69) is 20.7 Å². The van der Waals surface area contributed by atoms with Gasteiger partial charge >= 0.3 is 0 Å². The van der Waals surface area contributed by atoms with Crippen molar-refractivity contribution in [2.75, 3.05) is 6.54 Å². The molecule has 1 aromatic carbocycles. The molecule has 0 aliphatic rings. The van der Waals surface area contributed by atoms with E-state index >= 15 is 0 Å². The molecule has 1 aromatic rings. The molecule has 0 bridgehead atoms. The van der Waals surface area contributed by atoms with Crippen molar-refractivity contribution in [1.82, 2.24) is 4.72 Å². The van der Waals surface area contributed by atoms with Gasteiger partial charge in [0, 0.05) is 6.54 Å². The van der Waals surface area contributed by atoms with Crippen LogP contribution in [-0.2, 0) is 10.0 Å². The van der Waals surface area contributed by atoms with Gasteiger partial charge in [0.1, 0.15) is 4.90 Å². The third-order valence-corrected chi connectivity index (χ3v) is 3.72. The fourth-order valence-corrected chi connectivity index (χ4v) is 2.60. The number of nitrogens with one attached hydrogen (secondary N) is 1. The first kappa shape index (κ1) is 11.6. The van der Waals surface area contributed by atoms with Gasteiger partial charge in [-0.25, -0.2) is 17.5 Å². The molecule has 3 nitrogen and oxygen atoms in total. The van der Waals surface area contributed by atoms with Crippen LogP contribution in [0.4, 0.5) is 4.39 Å². The van der Waals surface area contributed by atoms with Crippen LogP contribution in [0.3, 0.4) is 0 Å². The van der Waals surface area contributed by atoms with Gasteiger partial charge in [-0.2, -0.15) is 0 Å². The van der Waals surface area contributed by atoms with Crippen molar-refractivity contribution in [3.63, 3.8) is 0 Å². The van der Waals surface area contributed by atoms with Crippen LogP contribution in [0.1, 0.15) is 6.92 Å². The smallest absolute Gasteiger partial charge is 0.211 e. The second kappa shape index (κ2) is 4.37. The van der Waals surface area contributed by atoms with Gasteiger partial charge in [0.25, 0.3) is 0 Å². The molecule has 0 atom stereocenters. The SMILES string of the molecule is CCNS(=O)(=O)c1cccc(Br)c1F. The van der Waals surface area contributed by atoms with E-state index in [0.717, 1.165) is 0 Å². The van der Waals surface area contributed by atoms with Crippen molar-refractivity contribution in [3.05, 3.63) is 28.5 Å². The van der Waals surface area contributed by atoms with E-state index in [1.165, 1.54) is 18.2 Å². The minimum Gasteiger partial charge on any atom is -0.211 e. The van der Waals surface area contributed by atoms with Gasteiger partial charge < -0.3 is 0 Å². The summed E-state index contributed by atoms with van der Waals surface area (Å²) in [6, 6.07) is 4.13. The summed E-state index contributed by atoms with van der Waals surface area (Å²) in [5.41, 5.74) is 0. The lowest BCUT2D eigenvalue weighted by Crippen LogP contribution is -2.24. The van der Waals surface area contributed by atoms with Gasteiger partial charge in [-0.15, -0.1) is 0 Å². The topological polar surface area (TPSA) is 46.2 Å². The van der Waals surface area contributed by atoms with Crippen LogP contribution in [0.5, 0.6) is 0 Å². The first-order chi connectivity index (χ1) is 6.49. The minimum atomic E-state index is -3.72. The molecule has 14 heavy (non-hydrogen) atoms. The minimum absolute atomic E-state index is 0.136. The van der Waals surface area contributed by atoms with E-state index in [0.29, 0.717) is 0 Å². The summed E-state index contributed by atoms with van der Waals surface area (Å²) in [6.45, 7) is 1.86. The molecule has 6 heteroatoms. The van der Waals surface area contributed by atoms with Gasteiger partial charge in [0.05, 0.1) is 4.47 Å². The summed E-state index contributed by atoms with van der Waals surface area (Å²) < 4.78 is 38.6. The summed E-state index contributed by atoms with van der Waals surface area (Å²) in [7, 11) is -3.72. The highest BCUT2D eigenvalue weighted by molar-refractivity contribution is 9.10. The van der Waals surface area contributed by atoms with Crippen molar-refractivity contribution >= 4 is 26.0 Å². The van der Waals surface area contributed by atoms with Crippen LogP contribution in [-0.4, -0.2) is 15.0 Å². The molecular weight excluding hydrogens is 273 g/mol. The Morgan fingerprint density at radius 2 is 2.14 bits per heavy atom. The Kier molecular flexibility index (Phi) is 3.63. The van der Waals surface area contributed by atoms with Crippen molar-refractivity contribution in [3.8, 4) is 0 Å². The lowest BCUT2D eigenvalue weighted by atomic mass is 10.3. The average Bonchev–Trinajstić information content (AvgIpc) is 2.09. The Hall–Kier alpha value is -0.460. The molecular formula is C8H9BrFNO2S. The standard InChI is InChI=1S/C8H9BrFNO2S/c1-2-11-14(12,13)7-5-3-4-6(9)8(7)10/h3-5,11H,2H2,1H3. The highest BCUT2D eigenvalue weighted by Crippen LogP contribution is 2.21. The molecule has 1 N–H and O–H groups in total. The van der Waals surface area contributed by atoms with Gasteiger partial charge in [-0.05, 0) is 28.1 Å². The Bertz CT molecular complexity index is 433. The Labute approximate surface area is 90.5 Å². The molecule has 0 unspecified atom stereocenters. The van der Waals surface area contributed by atoms with Crippen LogP contribution in [0.2, 0.25) is 0 Å². The lowest BCUT2D eigenvalue weighted by molar-refractivity contribution is 0.555. The van der Waals surface area contributed by atoms with Crippen molar-refractivity contribution < 1.29 is 12.8 Å². The summed E-state index contributed by atoms with van der Waals surface area (Å²) >= 11 is 2.92. The molecule has 0 radical (unpaired) electrons. The van der Waals surface area contributed by atoms with Crippen molar-refractivity contribution in [2.45, 2.75) is 11.8 Å². The number of hydrogen-bond acceptors (Lipinski definition) is 2. The van der Waals surface area contributed by atoms with Crippen LogP contribution in [0.25, 0.3) is 0 Å². The van der Waals surface area contributed by atoms with Crippen LogP contribution in [0.15, 0.2) is 27.6 Å². The highest BCUT2D eigenvalue weighted by Gasteiger charge is 2.18. The van der Waals surface area contributed by atoms with Gasteiger partial charge in [0.2, 0.25) is 10.0 Å². The zero-order valence-corrected chi connectivity index (χ0v) is 9.82. The molecule has 0 aliphatic heterocycles. The van der Waals surface area contributed by atoms with Crippen LogP contribution < -0.4 is 4.72 Å². The number of benzene rings is 1.